The molecule has 0 radical (unpaired) electrons. The van der Waals surface area contributed by atoms with Crippen molar-refractivity contribution in [2.24, 2.45) is 17.6 Å². The second kappa shape index (κ2) is 11.8. The van der Waals surface area contributed by atoms with E-state index in [1.807, 2.05) is 0 Å². The average molecular weight is 475 g/mol. The largest absolute Gasteiger partial charge is 0.355 e. The molecule has 0 saturated heterocycles. The molecule has 12 nitrogen and oxygen atoms in total. The lowest BCUT2D eigenvalue weighted by molar-refractivity contribution is -0.137. The van der Waals surface area contributed by atoms with E-state index in [2.05, 4.69) is 10.6 Å². The summed E-state index contributed by atoms with van der Waals surface area (Å²) in [4.78, 5) is 61.3. The third kappa shape index (κ3) is 7.80. The lowest BCUT2D eigenvalue weighted by atomic mass is 9.92. The highest BCUT2D eigenvalue weighted by Crippen LogP contribution is 2.14. The van der Waals surface area contributed by atoms with E-state index < -0.39 is 69.7 Å². The first-order valence-corrected chi connectivity index (χ1v) is 11.6. The second-order valence-electron chi connectivity index (χ2n) is 7.84. The van der Waals surface area contributed by atoms with Gasteiger partial charge in [0, 0.05) is 44.1 Å². The van der Waals surface area contributed by atoms with Crippen molar-refractivity contribution in [2.75, 3.05) is 19.6 Å². The highest BCUT2D eigenvalue weighted by Gasteiger charge is 2.36. The fourth-order valence-electron chi connectivity index (χ4n) is 3.07. The van der Waals surface area contributed by atoms with E-state index in [1.165, 1.54) is 6.92 Å². The predicted octanol–water partition coefficient (Wildman–Crippen LogP) is -1.63. The van der Waals surface area contributed by atoms with E-state index in [9.17, 15) is 36.9 Å². The van der Waals surface area contributed by atoms with Crippen LogP contribution in [0.5, 0.6) is 0 Å². The van der Waals surface area contributed by atoms with E-state index in [-0.39, 0.29) is 25.4 Å². The Bertz CT molecular complexity index is 866. The zero-order valence-corrected chi connectivity index (χ0v) is 19.1. The first-order chi connectivity index (χ1) is 14.8. The van der Waals surface area contributed by atoms with Crippen molar-refractivity contribution < 1.29 is 36.9 Å². The maximum atomic E-state index is 12.7. The summed E-state index contributed by atoms with van der Waals surface area (Å²) in [6, 6.07) is -1.12. The van der Waals surface area contributed by atoms with Crippen LogP contribution < -0.4 is 16.4 Å². The monoisotopic (exact) mass is 474 g/mol. The molecule has 0 aromatic carbocycles. The fraction of sp³-hybridized carbons (Fsp3) is 0.632. The van der Waals surface area contributed by atoms with Gasteiger partial charge < -0.3 is 16.4 Å². The van der Waals surface area contributed by atoms with Crippen LogP contribution in [-0.2, 0) is 34.1 Å². The first-order valence-electron chi connectivity index (χ1n) is 10.1. The van der Waals surface area contributed by atoms with Crippen LogP contribution in [-0.4, -0.2) is 78.2 Å². The molecule has 0 spiro atoms. The molecule has 180 valence electrons. The van der Waals surface area contributed by atoms with Gasteiger partial charge in [-0.1, -0.05) is 20.8 Å². The van der Waals surface area contributed by atoms with E-state index in [4.69, 9.17) is 5.73 Å². The Kier molecular flexibility index (Phi) is 10.1. The highest BCUT2D eigenvalue weighted by molar-refractivity contribution is 7.87. The molecule has 13 heteroatoms. The Morgan fingerprint density at radius 2 is 1.66 bits per heavy atom. The van der Waals surface area contributed by atoms with Gasteiger partial charge in [-0.25, -0.2) is 0 Å². The minimum Gasteiger partial charge on any atom is -0.355 e. The van der Waals surface area contributed by atoms with Crippen molar-refractivity contribution in [3.05, 3.63) is 12.2 Å². The van der Waals surface area contributed by atoms with Crippen LogP contribution in [0.3, 0.4) is 0 Å². The third-order valence-electron chi connectivity index (χ3n) is 4.88. The SMILES string of the molecule is CC(C)[C@H](NC(=O)C(CCN1C(=O)C=CC1=O)S(=O)(=O)O)C(=O)C[C@@H](C)C(=O)NCCN. The van der Waals surface area contributed by atoms with Gasteiger partial charge in [-0.3, -0.25) is 33.4 Å². The molecule has 1 unspecified atom stereocenters. The van der Waals surface area contributed by atoms with Crippen molar-refractivity contribution in [3.8, 4) is 0 Å². The number of ketones is 1. The topological polar surface area (TPSA) is 193 Å². The molecule has 0 aromatic heterocycles. The zero-order chi connectivity index (χ0) is 24.6. The van der Waals surface area contributed by atoms with Crippen molar-refractivity contribution in [2.45, 2.75) is 44.9 Å². The molecule has 0 bridgehead atoms. The molecule has 1 aliphatic rings. The number of imide groups is 1. The van der Waals surface area contributed by atoms with Crippen molar-refractivity contribution >= 4 is 39.5 Å². The molecule has 1 rings (SSSR count). The highest BCUT2D eigenvalue weighted by atomic mass is 32.2. The smallest absolute Gasteiger partial charge is 0.277 e. The molecule has 1 heterocycles. The molecule has 0 aliphatic carbocycles. The quantitative estimate of drug-likeness (QED) is 0.179. The van der Waals surface area contributed by atoms with E-state index in [1.54, 1.807) is 13.8 Å². The summed E-state index contributed by atoms with van der Waals surface area (Å²) in [5.41, 5.74) is 5.32. The van der Waals surface area contributed by atoms with Gasteiger partial charge in [0.15, 0.2) is 11.0 Å². The van der Waals surface area contributed by atoms with E-state index in [0.717, 1.165) is 17.1 Å². The van der Waals surface area contributed by atoms with Crippen LogP contribution in [0, 0.1) is 11.8 Å². The summed E-state index contributed by atoms with van der Waals surface area (Å²) in [6.45, 7) is 4.84. The average Bonchev–Trinajstić information content (AvgIpc) is 3.00. The maximum Gasteiger partial charge on any atom is 0.277 e. The van der Waals surface area contributed by atoms with Gasteiger partial charge in [-0.15, -0.1) is 0 Å². The lowest BCUT2D eigenvalue weighted by Gasteiger charge is -2.25. The number of carbonyl (C=O) groups is 5. The molecular weight excluding hydrogens is 444 g/mol. The minimum absolute atomic E-state index is 0.210. The standard InChI is InChI=1S/C19H30N4O8S/c1-11(2)17(13(24)10-12(3)18(27)21-8-7-20)22-19(28)14(32(29,30)31)6-9-23-15(25)4-5-16(23)26/h4-5,11-12,14,17H,6-10,20H2,1-3H3,(H,21,27)(H,22,28)(H,29,30,31)/t12-,14?,17+/m1/s1. The Balaban J connectivity index is 2.87. The van der Waals surface area contributed by atoms with Crippen molar-refractivity contribution in [1.82, 2.24) is 15.5 Å². The number of carbonyl (C=O) groups excluding carboxylic acids is 5. The lowest BCUT2D eigenvalue weighted by Crippen LogP contribution is -2.51. The molecule has 4 amide bonds. The maximum absolute atomic E-state index is 12.7. The number of nitrogens with one attached hydrogen (secondary N) is 2. The number of rotatable bonds is 13. The molecule has 0 aromatic rings. The normalized spacial score (nSPS) is 16.8. The summed E-state index contributed by atoms with van der Waals surface area (Å²) >= 11 is 0. The van der Waals surface area contributed by atoms with Crippen LogP contribution in [0.25, 0.3) is 0 Å². The molecule has 32 heavy (non-hydrogen) atoms. The van der Waals surface area contributed by atoms with Crippen molar-refractivity contribution in [3.63, 3.8) is 0 Å². The zero-order valence-electron chi connectivity index (χ0n) is 18.2. The summed E-state index contributed by atoms with van der Waals surface area (Å²) in [6.07, 6.45) is 1.24. The Morgan fingerprint density at radius 1 is 1.09 bits per heavy atom. The van der Waals surface area contributed by atoms with Crippen molar-refractivity contribution in [1.29, 1.82) is 0 Å². The molecule has 5 N–H and O–H groups in total. The van der Waals surface area contributed by atoms with Gasteiger partial charge >= 0.3 is 0 Å². The number of amides is 4. The van der Waals surface area contributed by atoms with E-state index in [0.29, 0.717) is 0 Å². The first kappa shape index (κ1) is 27.4. The summed E-state index contributed by atoms with van der Waals surface area (Å²) < 4.78 is 33.0. The molecular formula is C19H30N4O8S. The van der Waals surface area contributed by atoms with Gasteiger partial charge in [0.1, 0.15) is 0 Å². The summed E-state index contributed by atoms with van der Waals surface area (Å²) in [7, 11) is -4.90. The third-order valence-corrected chi connectivity index (χ3v) is 6.05. The Morgan fingerprint density at radius 3 is 2.12 bits per heavy atom. The second-order valence-corrected chi connectivity index (χ2v) is 9.43. The summed E-state index contributed by atoms with van der Waals surface area (Å²) in [5.74, 6) is -4.51. The predicted molar refractivity (Wildman–Crippen MR) is 113 cm³/mol. The fourth-order valence-corrected chi connectivity index (χ4v) is 3.81. The summed E-state index contributed by atoms with van der Waals surface area (Å²) in [5, 5.41) is 2.88. The molecule has 0 saturated carbocycles. The Hall–Kier alpha value is -2.64. The van der Waals surface area contributed by atoms with Crippen LogP contribution in [0.4, 0.5) is 0 Å². The number of nitrogens with two attached hydrogens (primary N) is 1. The van der Waals surface area contributed by atoms with E-state index >= 15 is 0 Å². The number of hydrogen-bond donors (Lipinski definition) is 4. The van der Waals surface area contributed by atoms with Crippen LogP contribution in [0.2, 0.25) is 0 Å². The number of hydrogen-bond acceptors (Lipinski definition) is 8. The number of nitrogens with zero attached hydrogens (tertiary/aromatic N) is 1. The number of Topliss-reactive ketones (excluding diaryl/α,β-unsaturated/α-hetero) is 1. The minimum atomic E-state index is -4.90. The van der Waals surface area contributed by atoms with Gasteiger partial charge in [0.2, 0.25) is 11.8 Å². The molecule has 1 aliphatic heterocycles. The molecule has 3 atom stereocenters. The van der Waals surface area contributed by atoms with Gasteiger partial charge in [-0.2, -0.15) is 8.42 Å². The van der Waals surface area contributed by atoms with Crippen LogP contribution in [0.15, 0.2) is 12.2 Å². The van der Waals surface area contributed by atoms with Gasteiger partial charge in [-0.05, 0) is 12.3 Å². The van der Waals surface area contributed by atoms with Crippen LogP contribution in [0.1, 0.15) is 33.6 Å². The van der Waals surface area contributed by atoms with Gasteiger partial charge in [0.05, 0.1) is 6.04 Å². The van der Waals surface area contributed by atoms with Gasteiger partial charge in [0.25, 0.3) is 21.9 Å². The molecule has 0 fully saturated rings. The Labute approximate surface area is 186 Å². The van der Waals surface area contributed by atoms with Crippen LogP contribution >= 0.6 is 0 Å².